The molecule has 1 heterocycles. The minimum atomic E-state index is 0. The van der Waals surface area contributed by atoms with E-state index in [0.29, 0.717) is 11.9 Å². The van der Waals surface area contributed by atoms with Gasteiger partial charge in [-0.2, -0.15) is 0 Å². The molecular formula is C20H36IN5. The molecule has 1 saturated heterocycles. The molecular weight excluding hydrogens is 437 g/mol. The van der Waals surface area contributed by atoms with Crippen LogP contribution in [-0.4, -0.2) is 56.7 Å². The number of aliphatic imine (C=N–C) groups is 1. The van der Waals surface area contributed by atoms with Gasteiger partial charge in [0.2, 0.25) is 0 Å². The number of hydrogen-bond donors (Lipinski definition) is 2. The fraction of sp³-hybridized carbons (Fsp3) is 0.650. The highest BCUT2D eigenvalue weighted by Gasteiger charge is 2.16. The largest absolute Gasteiger partial charge is 0.370 e. The van der Waals surface area contributed by atoms with Gasteiger partial charge in [0, 0.05) is 51.5 Å². The molecule has 0 spiro atoms. The first-order valence-electron chi connectivity index (χ1n) is 9.62. The molecule has 0 bridgehead atoms. The number of hydrogen-bond acceptors (Lipinski definition) is 3. The first-order chi connectivity index (χ1) is 12.0. The van der Waals surface area contributed by atoms with E-state index in [4.69, 9.17) is 5.73 Å². The van der Waals surface area contributed by atoms with Crippen molar-refractivity contribution in [2.75, 3.05) is 50.7 Å². The van der Waals surface area contributed by atoms with E-state index >= 15 is 0 Å². The van der Waals surface area contributed by atoms with Crippen molar-refractivity contribution in [1.29, 1.82) is 0 Å². The smallest absolute Gasteiger partial charge is 0.188 e. The van der Waals surface area contributed by atoms with E-state index in [1.54, 1.807) is 0 Å². The van der Waals surface area contributed by atoms with Crippen LogP contribution >= 0.6 is 24.0 Å². The van der Waals surface area contributed by atoms with Gasteiger partial charge in [0.05, 0.1) is 0 Å². The molecule has 26 heavy (non-hydrogen) atoms. The number of guanidine groups is 1. The molecule has 0 unspecified atom stereocenters. The van der Waals surface area contributed by atoms with Gasteiger partial charge >= 0.3 is 0 Å². The van der Waals surface area contributed by atoms with Gasteiger partial charge in [-0.3, -0.25) is 9.89 Å². The predicted molar refractivity (Wildman–Crippen MR) is 124 cm³/mol. The van der Waals surface area contributed by atoms with Crippen LogP contribution in [0.15, 0.2) is 29.3 Å². The zero-order chi connectivity index (χ0) is 18.1. The Balaban J connectivity index is 0.00000338. The molecule has 6 heteroatoms. The van der Waals surface area contributed by atoms with Crippen molar-refractivity contribution in [3.05, 3.63) is 29.8 Å². The summed E-state index contributed by atoms with van der Waals surface area (Å²) < 4.78 is 0. The van der Waals surface area contributed by atoms with Crippen LogP contribution in [-0.2, 0) is 0 Å². The SMILES string of the molecule is Cc1cccc(N2CCN(CCCN=C(N)NCCC(C)C)CC2)c1.I. The molecule has 1 fully saturated rings. The second-order valence-corrected chi connectivity index (χ2v) is 7.40. The number of aryl methyl sites for hydroxylation is 1. The van der Waals surface area contributed by atoms with Gasteiger partial charge < -0.3 is 16.0 Å². The average Bonchev–Trinajstić information content (AvgIpc) is 2.59. The van der Waals surface area contributed by atoms with Crippen LogP contribution in [0, 0.1) is 12.8 Å². The van der Waals surface area contributed by atoms with Gasteiger partial charge in [-0.1, -0.05) is 26.0 Å². The molecule has 1 aliphatic heterocycles. The van der Waals surface area contributed by atoms with Gasteiger partial charge in [-0.15, -0.1) is 24.0 Å². The number of nitrogens with zero attached hydrogens (tertiary/aromatic N) is 3. The van der Waals surface area contributed by atoms with Gasteiger partial charge in [0.15, 0.2) is 5.96 Å². The van der Waals surface area contributed by atoms with Crippen molar-refractivity contribution >= 4 is 35.6 Å². The molecule has 148 valence electrons. The zero-order valence-corrected chi connectivity index (χ0v) is 18.9. The van der Waals surface area contributed by atoms with Crippen molar-refractivity contribution in [3.8, 4) is 0 Å². The quantitative estimate of drug-likeness (QED) is 0.264. The van der Waals surface area contributed by atoms with E-state index in [9.17, 15) is 0 Å². The Morgan fingerprint density at radius 3 is 2.62 bits per heavy atom. The van der Waals surface area contributed by atoms with Crippen molar-refractivity contribution in [2.45, 2.75) is 33.6 Å². The fourth-order valence-electron chi connectivity index (χ4n) is 3.09. The van der Waals surface area contributed by atoms with E-state index in [0.717, 1.165) is 58.7 Å². The Kier molecular flexibility index (Phi) is 11.0. The molecule has 0 radical (unpaired) electrons. The van der Waals surface area contributed by atoms with Crippen molar-refractivity contribution in [2.24, 2.45) is 16.6 Å². The lowest BCUT2D eigenvalue weighted by molar-refractivity contribution is 0.256. The summed E-state index contributed by atoms with van der Waals surface area (Å²) in [5, 5.41) is 3.19. The summed E-state index contributed by atoms with van der Waals surface area (Å²) in [6.07, 6.45) is 2.19. The van der Waals surface area contributed by atoms with E-state index in [1.807, 2.05) is 0 Å². The third-order valence-electron chi connectivity index (χ3n) is 4.68. The molecule has 0 amide bonds. The molecule has 0 aliphatic carbocycles. The van der Waals surface area contributed by atoms with E-state index < -0.39 is 0 Å². The third-order valence-corrected chi connectivity index (χ3v) is 4.68. The summed E-state index contributed by atoms with van der Waals surface area (Å²) in [6.45, 7) is 13.9. The summed E-state index contributed by atoms with van der Waals surface area (Å²) in [6, 6.07) is 8.80. The highest BCUT2D eigenvalue weighted by molar-refractivity contribution is 14.0. The van der Waals surface area contributed by atoms with Crippen LogP contribution < -0.4 is 16.0 Å². The molecule has 0 saturated carbocycles. The molecule has 1 aliphatic rings. The number of benzene rings is 1. The average molecular weight is 473 g/mol. The number of anilines is 1. The van der Waals surface area contributed by atoms with Gasteiger partial charge in [0.1, 0.15) is 0 Å². The number of nitrogens with two attached hydrogens (primary N) is 1. The summed E-state index contributed by atoms with van der Waals surface area (Å²) >= 11 is 0. The van der Waals surface area contributed by atoms with Crippen LogP contribution in [0.2, 0.25) is 0 Å². The molecule has 5 nitrogen and oxygen atoms in total. The standard InChI is InChI=1S/C20H35N5.HI/c1-17(2)8-10-23-20(21)22-9-5-11-24-12-14-25(15-13-24)19-7-4-6-18(3)16-19;/h4,6-7,16-17H,5,8-15H2,1-3H3,(H3,21,22,23);1H. The van der Waals surface area contributed by atoms with Gasteiger partial charge in [-0.05, 0) is 43.4 Å². The molecule has 0 atom stereocenters. The second kappa shape index (κ2) is 12.4. The second-order valence-electron chi connectivity index (χ2n) is 7.40. The Morgan fingerprint density at radius 2 is 1.96 bits per heavy atom. The maximum absolute atomic E-state index is 5.89. The van der Waals surface area contributed by atoms with Crippen LogP contribution in [0.25, 0.3) is 0 Å². The maximum Gasteiger partial charge on any atom is 0.188 e. The number of rotatable bonds is 8. The summed E-state index contributed by atoms with van der Waals surface area (Å²) in [5.41, 5.74) is 8.57. The topological polar surface area (TPSA) is 56.9 Å². The maximum atomic E-state index is 5.89. The van der Waals surface area contributed by atoms with Crippen molar-refractivity contribution < 1.29 is 0 Å². The normalized spacial score (nSPS) is 15.8. The monoisotopic (exact) mass is 473 g/mol. The highest BCUT2D eigenvalue weighted by atomic mass is 127. The first-order valence-corrected chi connectivity index (χ1v) is 9.62. The molecule has 0 aromatic heterocycles. The van der Waals surface area contributed by atoms with Crippen LogP contribution in [0.1, 0.15) is 32.3 Å². The Hall–Kier alpha value is -1.02. The lowest BCUT2D eigenvalue weighted by atomic mass is 10.1. The molecule has 2 rings (SSSR count). The molecule has 3 N–H and O–H groups in total. The molecule has 1 aromatic rings. The van der Waals surface area contributed by atoms with Gasteiger partial charge in [0.25, 0.3) is 0 Å². The van der Waals surface area contributed by atoms with E-state index in [-0.39, 0.29) is 24.0 Å². The Labute approximate surface area is 176 Å². The minimum Gasteiger partial charge on any atom is -0.370 e. The summed E-state index contributed by atoms with van der Waals surface area (Å²) in [5.74, 6) is 1.28. The Morgan fingerprint density at radius 1 is 1.23 bits per heavy atom. The summed E-state index contributed by atoms with van der Waals surface area (Å²) in [7, 11) is 0. The van der Waals surface area contributed by atoms with E-state index in [2.05, 4.69) is 65.1 Å². The minimum absolute atomic E-state index is 0. The summed E-state index contributed by atoms with van der Waals surface area (Å²) in [4.78, 5) is 9.44. The van der Waals surface area contributed by atoms with Crippen LogP contribution in [0.5, 0.6) is 0 Å². The Bertz CT molecular complexity index is 539. The number of halogens is 1. The van der Waals surface area contributed by atoms with E-state index in [1.165, 1.54) is 11.3 Å². The lowest BCUT2D eigenvalue weighted by Crippen LogP contribution is -2.46. The highest BCUT2D eigenvalue weighted by Crippen LogP contribution is 2.17. The van der Waals surface area contributed by atoms with Crippen LogP contribution in [0.4, 0.5) is 5.69 Å². The predicted octanol–water partition coefficient (Wildman–Crippen LogP) is 3.08. The van der Waals surface area contributed by atoms with Crippen molar-refractivity contribution in [1.82, 2.24) is 10.2 Å². The third kappa shape index (κ3) is 8.58. The van der Waals surface area contributed by atoms with Crippen LogP contribution in [0.3, 0.4) is 0 Å². The lowest BCUT2D eigenvalue weighted by Gasteiger charge is -2.36. The van der Waals surface area contributed by atoms with Gasteiger partial charge in [-0.25, -0.2) is 0 Å². The number of piperazine rings is 1. The zero-order valence-electron chi connectivity index (χ0n) is 16.6. The number of nitrogens with one attached hydrogen (secondary N) is 1. The first kappa shape index (κ1) is 23.0. The fourth-order valence-corrected chi connectivity index (χ4v) is 3.09. The molecule has 1 aromatic carbocycles. The van der Waals surface area contributed by atoms with Crippen molar-refractivity contribution in [3.63, 3.8) is 0 Å².